The number of ether oxygens (including phenoxy) is 1. The topological polar surface area (TPSA) is 92.8 Å². The van der Waals surface area contributed by atoms with Crippen LogP contribution in [-0.2, 0) is 23.0 Å². The summed E-state index contributed by atoms with van der Waals surface area (Å²) in [5.41, 5.74) is 1.13. The van der Waals surface area contributed by atoms with Crippen LogP contribution in [0.25, 0.3) is 0 Å². The van der Waals surface area contributed by atoms with Gasteiger partial charge in [0.05, 0.1) is 24.2 Å². The second-order valence-electron chi connectivity index (χ2n) is 4.32. The van der Waals surface area contributed by atoms with E-state index in [1.54, 1.807) is 42.3 Å². The molecular weight excluding hydrogens is 270 g/mol. The number of pyridine rings is 1. The molecule has 0 aliphatic carbocycles. The Morgan fingerprint density at radius 2 is 2.38 bits per heavy atom. The van der Waals surface area contributed by atoms with Crippen LogP contribution in [-0.4, -0.2) is 33.9 Å². The number of hydrogen-bond donors (Lipinski definition) is 1. The molecule has 0 unspecified atom stereocenters. The summed E-state index contributed by atoms with van der Waals surface area (Å²) < 4.78 is 6.72. The lowest BCUT2D eigenvalue weighted by molar-refractivity contribution is -0.142. The van der Waals surface area contributed by atoms with Gasteiger partial charge in [-0.3, -0.25) is 9.48 Å². The molecule has 7 nitrogen and oxygen atoms in total. The van der Waals surface area contributed by atoms with Gasteiger partial charge >= 0.3 is 5.97 Å². The first kappa shape index (κ1) is 14.5. The van der Waals surface area contributed by atoms with Crippen LogP contribution in [0.15, 0.2) is 30.6 Å². The van der Waals surface area contributed by atoms with Gasteiger partial charge in [-0.2, -0.15) is 10.4 Å². The maximum atomic E-state index is 11.6. The molecule has 108 valence electrons. The Balaban J connectivity index is 1.72. The van der Waals surface area contributed by atoms with E-state index in [4.69, 9.17) is 10.00 Å². The molecule has 0 fully saturated rings. The van der Waals surface area contributed by atoms with Gasteiger partial charge in [0, 0.05) is 19.4 Å². The van der Waals surface area contributed by atoms with Crippen molar-refractivity contribution in [2.24, 2.45) is 7.05 Å². The maximum absolute atomic E-state index is 11.6. The highest BCUT2D eigenvalue weighted by molar-refractivity contribution is 5.71. The molecule has 1 N–H and O–H groups in total. The van der Waals surface area contributed by atoms with Crippen molar-refractivity contribution >= 4 is 11.8 Å². The molecule has 0 saturated heterocycles. The predicted molar refractivity (Wildman–Crippen MR) is 75.3 cm³/mol. The molecule has 0 atom stereocenters. The largest absolute Gasteiger partial charge is 0.464 e. The van der Waals surface area contributed by atoms with Gasteiger partial charge in [0.1, 0.15) is 18.5 Å². The Morgan fingerprint density at radius 1 is 1.52 bits per heavy atom. The maximum Gasteiger partial charge on any atom is 0.312 e. The van der Waals surface area contributed by atoms with Gasteiger partial charge in [0.2, 0.25) is 0 Å². The third-order valence-electron chi connectivity index (χ3n) is 2.68. The zero-order valence-corrected chi connectivity index (χ0v) is 11.6. The van der Waals surface area contributed by atoms with E-state index in [1.807, 2.05) is 6.07 Å². The van der Waals surface area contributed by atoms with Crippen molar-refractivity contribution in [2.45, 2.75) is 6.42 Å². The minimum absolute atomic E-state index is 0.147. The average molecular weight is 285 g/mol. The second kappa shape index (κ2) is 7.05. The molecule has 2 aromatic heterocycles. The van der Waals surface area contributed by atoms with Crippen LogP contribution in [0.5, 0.6) is 0 Å². The van der Waals surface area contributed by atoms with Gasteiger partial charge in [-0.05, 0) is 18.2 Å². The van der Waals surface area contributed by atoms with E-state index in [9.17, 15) is 4.79 Å². The number of anilines is 1. The molecular formula is C14H15N5O2. The fourth-order valence-electron chi connectivity index (χ4n) is 1.73. The Labute approximate surface area is 122 Å². The lowest BCUT2D eigenvalue weighted by Gasteiger charge is -2.07. The lowest BCUT2D eigenvalue weighted by Crippen LogP contribution is -2.16. The highest BCUT2D eigenvalue weighted by Gasteiger charge is 2.07. The summed E-state index contributed by atoms with van der Waals surface area (Å²) in [4.78, 5) is 15.6. The molecule has 2 rings (SSSR count). The van der Waals surface area contributed by atoms with Crippen LogP contribution < -0.4 is 5.32 Å². The van der Waals surface area contributed by atoms with E-state index >= 15 is 0 Å². The van der Waals surface area contributed by atoms with Crippen LogP contribution in [0.3, 0.4) is 0 Å². The molecule has 0 bridgehead atoms. The van der Waals surface area contributed by atoms with Crippen LogP contribution in [0.4, 0.5) is 5.82 Å². The Morgan fingerprint density at radius 3 is 3.10 bits per heavy atom. The summed E-state index contributed by atoms with van der Waals surface area (Å²) in [6, 6.07) is 7.17. The molecule has 21 heavy (non-hydrogen) atoms. The van der Waals surface area contributed by atoms with Crippen LogP contribution in [0.2, 0.25) is 0 Å². The molecule has 2 heterocycles. The van der Waals surface area contributed by atoms with Crippen LogP contribution in [0, 0.1) is 11.3 Å². The van der Waals surface area contributed by atoms with Crippen molar-refractivity contribution in [1.29, 1.82) is 5.26 Å². The monoisotopic (exact) mass is 285 g/mol. The second-order valence-corrected chi connectivity index (χ2v) is 4.32. The zero-order chi connectivity index (χ0) is 15.1. The number of carbonyl (C=O) groups excluding carboxylic acids is 1. The number of nitrogens with one attached hydrogen (secondary N) is 1. The van der Waals surface area contributed by atoms with Crippen LogP contribution in [0.1, 0.15) is 11.3 Å². The highest BCUT2D eigenvalue weighted by atomic mass is 16.5. The number of carbonyl (C=O) groups is 1. The number of hydrogen-bond acceptors (Lipinski definition) is 6. The first-order chi connectivity index (χ1) is 10.2. The Kier molecular flexibility index (Phi) is 4.88. The highest BCUT2D eigenvalue weighted by Crippen LogP contribution is 2.08. The number of nitrogens with zero attached hydrogens (tertiary/aromatic N) is 4. The summed E-state index contributed by atoms with van der Waals surface area (Å²) in [6.07, 6.45) is 3.51. The van der Waals surface area contributed by atoms with Gasteiger partial charge < -0.3 is 10.1 Å². The smallest absolute Gasteiger partial charge is 0.312 e. The third-order valence-corrected chi connectivity index (χ3v) is 2.68. The first-order valence-electron chi connectivity index (χ1n) is 6.42. The number of esters is 1. The Hall–Kier alpha value is -2.88. The number of aryl methyl sites for hydroxylation is 1. The molecule has 0 saturated carbocycles. The van der Waals surface area contributed by atoms with E-state index in [1.165, 1.54) is 0 Å². The van der Waals surface area contributed by atoms with Crippen molar-refractivity contribution in [3.8, 4) is 6.07 Å². The average Bonchev–Trinajstić information content (AvgIpc) is 2.89. The normalized spacial score (nSPS) is 9.90. The first-order valence-corrected chi connectivity index (χ1v) is 6.42. The molecule has 0 aromatic carbocycles. The summed E-state index contributed by atoms with van der Waals surface area (Å²) in [5.74, 6) is 0.151. The lowest BCUT2D eigenvalue weighted by atomic mass is 10.3. The summed E-state index contributed by atoms with van der Waals surface area (Å²) in [7, 11) is 1.79. The fraction of sp³-hybridized carbons (Fsp3) is 0.286. The molecule has 0 spiro atoms. The fourth-order valence-corrected chi connectivity index (χ4v) is 1.73. The van der Waals surface area contributed by atoms with Crippen molar-refractivity contribution in [2.75, 3.05) is 18.5 Å². The minimum atomic E-state index is -0.336. The summed E-state index contributed by atoms with van der Waals surface area (Å²) >= 11 is 0. The standard InChI is InChI=1S/C14H15N5O2/c1-19-7-4-12(18-19)9-13(20)21-8-6-17-14-11(10-15)3-2-5-16-14/h2-5,7H,6,8-9H2,1H3,(H,16,17). The van der Waals surface area contributed by atoms with Crippen molar-refractivity contribution in [3.05, 3.63) is 41.9 Å². The van der Waals surface area contributed by atoms with Gasteiger partial charge in [-0.25, -0.2) is 4.98 Å². The van der Waals surface area contributed by atoms with Gasteiger partial charge in [-0.15, -0.1) is 0 Å². The van der Waals surface area contributed by atoms with E-state index in [-0.39, 0.29) is 19.0 Å². The molecule has 0 aliphatic heterocycles. The molecule has 0 amide bonds. The molecule has 0 radical (unpaired) electrons. The van der Waals surface area contributed by atoms with E-state index in [0.717, 1.165) is 0 Å². The van der Waals surface area contributed by atoms with E-state index in [0.29, 0.717) is 23.6 Å². The van der Waals surface area contributed by atoms with Crippen LogP contribution >= 0.6 is 0 Å². The summed E-state index contributed by atoms with van der Waals surface area (Å²) in [6.45, 7) is 0.590. The van der Waals surface area contributed by atoms with Crippen molar-refractivity contribution in [3.63, 3.8) is 0 Å². The summed E-state index contributed by atoms with van der Waals surface area (Å²) in [5, 5.41) is 16.0. The van der Waals surface area contributed by atoms with Crippen molar-refractivity contribution in [1.82, 2.24) is 14.8 Å². The van der Waals surface area contributed by atoms with Gasteiger partial charge in [-0.1, -0.05) is 0 Å². The number of nitriles is 1. The SMILES string of the molecule is Cn1ccc(CC(=O)OCCNc2ncccc2C#N)n1. The van der Waals surface area contributed by atoms with Gasteiger partial charge in [0.25, 0.3) is 0 Å². The quantitative estimate of drug-likeness (QED) is 0.625. The van der Waals surface area contributed by atoms with E-state index < -0.39 is 0 Å². The molecule has 0 aliphatic rings. The van der Waals surface area contributed by atoms with Gasteiger partial charge in [0.15, 0.2) is 0 Å². The Bertz CT molecular complexity index is 659. The molecule has 7 heteroatoms. The zero-order valence-electron chi connectivity index (χ0n) is 11.6. The number of rotatable bonds is 6. The predicted octanol–water partition coefficient (Wildman–Crippen LogP) is 0.885. The van der Waals surface area contributed by atoms with Crippen molar-refractivity contribution < 1.29 is 9.53 Å². The molecule has 2 aromatic rings. The number of aromatic nitrogens is 3. The van der Waals surface area contributed by atoms with E-state index in [2.05, 4.69) is 15.4 Å². The third kappa shape index (κ3) is 4.31. The minimum Gasteiger partial charge on any atom is -0.464 e.